The van der Waals surface area contributed by atoms with Gasteiger partial charge in [0.1, 0.15) is 5.75 Å². The Balaban J connectivity index is 2.11. The number of nitrogens with zero attached hydrogens (tertiary/aromatic N) is 2. The first kappa shape index (κ1) is 16.1. The summed E-state index contributed by atoms with van der Waals surface area (Å²) in [5, 5.41) is 0.471. The summed E-state index contributed by atoms with van der Waals surface area (Å²) < 4.78 is 6.31. The molecule has 0 bridgehead atoms. The fourth-order valence-corrected chi connectivity index (χ4v) is 2.77. The molecule has 0 atom stereocenters. The van der Waals surface area contributed by atoms with E-state index >= 15 is 0 Å². The number of rotatable bonds is 4. The molecule has 0 saturated heterocycles. The van der Waals surface area contributed by atoms with Gasteiger partial charge in [-0.1, -0.05) is 38.1 Å². The van der Waals surface area contributed by atoms with Crippen LogP contribution in [-0.2, 0) is 6.42 Å². The Morgan fingerprint density at radius 2 is 1.88 bits per heavy atom. The molecule has 1 aromatic heterocycles. The molecule has 0 aliphatic carbocycles. The smallest absolute Gasteiger partial charge is 0.280 e. The van der Waals surface area contributed by atoms with Gasteiger partial charge in [0.05, 0.1) is 18.0 Å². The van der Waals surface area contributed by atoms with Gasteiger partial charge in [-0.25, -0.2) is 9.66 Å². The van der Waals surface area contributed by atoms with E-state index in [4.69, 9.17) is 10.6 Å². The lowest BCUT2D eigenvalue weighted by Gasteiger charge is -2.11. The summed E-state index contributed by atoms with van der Waals surface area (Å²) in [5.41, 5.74) is 2.36. The highest BCUT2D eigenvalue weighted by molar-refractivity contribution is 5.81. The number of fused-ring (bicyclic) bond motifs is 1. The quantitative estimate of drug-likeness (QED) is 0.749. The third-order valence-corrected chi connectivity index (χ3v) is 3.96. The number of nitrogens with two attached hydrogens (primary N) is 1. The van der Waals surface area contributed by atoms with Crippen molar-refractivity contribution in [2.75, 3.05) is 13.0 Å². The third kappa shape index (κ3) is 2.97. The molecule has 24 heavy (non-hydrogen) atoms. The summed E-state index contributed by atoms with van der Waals surface area (Å²) in [7, 11) is 1.58. The van der Waals surface area contributed by atoms with Gasteiger partial charge in [0, 0.05) is 11.6 Å². The largest absolute Gasteiger partial charge is 0.497 e. The second kappa shape index (κ2) is 6.35. The highest BCUT2D eigenvalue weighted by atomic mass is 16.5. The van der Waals surface area contributed by atoms with Crippen LogP contribution in [0.15, 0.2) is 47.3 Å². The van der Waals surface area contributed by atoms with E-state index in [1.54, 1.807) is 25.3 Å². The molecule has 0 aliphatic heterocycles. The average Bonchev–Trinajstić information content (AvgIpc) is 2.58. The summed E-state index contributed by atoms with van der Waals surface area (Å²) >= 11 is 0. The second-order valence-electron chi connectivity index (χ2n) is 6.29. The Hall–Kier alpha value is -2.82. The SMILES string of the molecule is COc1ccc2c(=O)n(N)c(-c3ccc(CC(C)C)cc3)nc2c1. The minimum Gasteiger partial charge on any atom is -0.497 e. The maximum Gasteiger partial charge on any atom is 0.280 e. The molecule has 5 heteroatoms. The summed E-state index contributed by atoms with van der Waals surface area (Å²) in [6, 6.07) is 13.2. The van der Waals surface area contributed by atoms with E-state index in [0.717, 1.165) is 16.7 Å². The molecule has 3 aromatic rings. The summed E-state index contributed by atoms with van der Waals surface area (Å²) in [4.78, 5) is 17.1. The lowest BCUT2D eigenvalue weighted by molar-refractivity contribution is 0.415. The van der Waals surface area contributed by atoms with Crippen molar-refractivity contribution in [3.05, 3.63) is 58.4 Å². The van der Waals surface area contributed by atoms with Gasteiger partial charge in [0.15, 0.2) is 5.82 Å². The highest BCUT2D eigenvalue weighted by Gasteiger charge is 2.12. The summed E-state index contributed by atoms with van der Waals surface area (Å²) in [6.45, 7) is 4.37. The van der Waals surface area contributed by atoms with Crippen molar-refractivity contribution in [2.24, 2.45) is 5.92 Å². The predicted octanol–water partition coefficient (Wildman–Crippen LogP) is 2.98. The molecular formula is C19H21N3O2. The van der Waals surface area contributed by atoms with E-state index in [9.17, 15) is 4.79 Å². The minimum absolute atomic E-state index is 0.274. The maximum atomic E-state index is 12.5. The van der Waals surface area contributed by atoms with E-state index in [0.29, 0.717) is 28.4 Å². The fraction of sp³-hybridized carbons (Fsp3) is 0.263. The lowest BCUT2D eigenvalue weighted by atomic mass is 10.0. The van der Waals surface area contributed by atoms with Crippen molar-refractivity contribution in [1.82, 2.24) is 9.66 Å². The van der Waals surface area contributed by atoms with Gasteiger partial charge in [-0.2, -0.15) is 0 Å². The topological polar surface area (TPSA) is 70.1 Å². The normalized spacial score (nSPS) is 11.2. The Morgan fingerprint density at radius 1 is 1.17 bits per heavy atom. The number of benzene rings is 2. The van der Waals surface area contributed by atoms with Crippen molar-refractivity contribution in [2.45, 2.75) is 20.3 Å². The molecule has 124 valence electrons. The molecule has 0 unspecified atom stereocenters. The van der Waals surface area contributed by atoms with Crippen LogP contribution < -0.4 is 16.1 Å². The molecule has 2 N–H and O–H groups in total. The first-order valence-electron chi connectivity index (χ1n) is 7.95. The highest BCUT2D eigenvalue weighted by Crippen LogP contribution is 2.22. The van der Waals surface area contributed by atoms with Crippen LogP contribution in [0.3, 0.4) is 0 Å². The monoisotopic (exact) mass is 323 g/mol. The molecule has 0 radical (unpaired) electrons. The van der Waals surface area contributed by atoms with Crippen molar-refractivity contribution in [3.63, 3.8) is 0 Å². The summed E-state index contributed by atoms with van der Waals surface area (Å²) in [5.74, 6) is 7.67. The van der Waals surface area contributed by atoms with E-state index in [1.807, 2.05) is 12.1 Å². The number of hydrogen-bond acceptors (Lipinski definition) is 4. The fourth-order valence-electron chi connectivity index (χ4n) is 2.77. The number of aromatic nitrogens is 2. The van der Waals surface area contributed by atoms with Crippen LogP contribution in [0.25, 0.3) is 22.3 Å². The van der Waals surface area contributed by atoms with Gasteiger partial charge in [-0.15, -0.1) is 0 Å². The number of ether oxygens (including phenoxy) is 1. The Labute approximate surface area is 140 Å². The summed E-state index contributed by atoms with van der Waals surface area (Å²) in [6.07, 6.45) is 1.01. The molecule has 2 aromatic carbocycles. The predicted molar refractivity (Wildman–Crippen MR) is 96.7 cm³/mol. The van der Waals surface area contributed by atoms with Crippen LogP contribution in [0.4, 0.5) is 0 Å². The van der Waals surface area contributed by atoms with Crippen molar-refractivity contribution in [1.29, 1.82) is 0 Å². The van der Waals surface area contributed by atoms with Crippen molar-refractivity contribution in [3.8, 4) is 17.1 Å². The van der Waals surface area contributed by atoms with Crippen LogP contribution in [0.2, 0.25) is 0 Å². The van der Waals surface area contributed by atoms with Crippen LogP contribution in [0.1, 0.15) is 19.4 Å². The first-order valence-corrected chi connectivity index (χ1v) is 7.95. The van der Waals surface area contributed by atoms with Gasteiger partial charge in [0.25, 0.3) is 5.56 Å². The molecule has 0 fully saturated rings. The first-order chi connectivity index (χ1) is 11.5. The molecule has 1 heterocycles. The Morgan fingerprint density at radius 3 is 2.50 bits per heavy atom. The Bertz CT molecular complexity index is 928. The zero-order valence-electron chi connectivity index (χ0n) is 14.1. The molecule has 3 rings (SSSR count). The zero-order valence-corrected chi connectivity index (χ0v) is 14.1. The van der Waals surface area contributed by atoms with Gasteiger partial charge in [-0.05, 0) is 30.0 Å². The van der Waals surface area contributed by atoms with Crippen molar-refractivity contribution < 1.29 is 4.74 Å². The van der Waals surface area contributed by atoms with Crippen molar-refractivity contribution >= 4 is 10.9 Å². The molecule has 0 saturated carbocycles. The standard InChI is InChI=1S/C19H21N3O2/c1-12(2)10-13-4-6-14(7-5-13)18-21-17-11-15(24-3)8-9-16(17)19(23)22(18)20/h4-9,11-12H,10,20H2,1-3H3. The number of methoxy groups -OCH3 is 1. The van der Waals surface area contributed by atoms with Gasteiger partial charge in [0.2, 0.25) is 0 Å². The molecule has 0 amide bonds. The van der Waals surface area contributed by atoms with Crippen LogP contribution in [0.5, 0.6) is 5.75 Å². The Kier molecular flexibility index (Phi) is 4.25. The lowest BCUT2D eigenvalue weighted by Crippen LogP contribution is -2.29. The molecular weight excluding hydrogens is 302 g/mol. The van der Waals surface area contributed by atoms with Crippen LogP contribution in [-0.4, -0.2) is 16.8 Å². The van der Waals surface area contributed by atoms with E-state index in [2.05, 4.69) is 31.0 Å². The van der Waals surface area contributed by atoms with Crippen LogP contribution in [0, 0.1) is 5.92 Å². The number of hydrogen-bond donors (Lipinski definition) is 1. The van der Waals surface area contributed by atoms with E-state index < -0.39 is 0 Å². The molecule has 5 nitrogen and oxygen atoms in total. The van der Waals surface area contributed by atoms with E-state index in [1.165, 1.54) is 5.56 Å². The average molecular weight is 323 g/mol. The minimum atomic E-state index is -0.274. The number of nitrogen functional groups attached to an aromatic ring is 1. The van der Waals surface area contributed by atoms with Gasteiger partial charge < -0.3 is 10.6 Å². The second-order valence-corrected chi connectivity index (χ2v) is 6.29. The van der Waals surface area contributed by atoms with Gasteiger partial charge >= 0.3 is 0 Å². The molecule has 0 spiro atoms. The van der Waals surface area contributed by atoms with Crippen LogP contribution >= 0.6 is 0 Å². The molecule has 0 aliphatic rings. The third-order valence-electron chi connectivity index (χ3n) is 3.96. The van der Waals surface area contributed by atoms with Gasteiger partial charge in [-0.3, -0.25) is 4.79 Å². The van der Waals surface area contributed by atoms with E-state index in [-0.39, 0.29) is 5.56 Å². The maximum absolute atomic E-state index is 12.5. The zero-order chi connectivity index (χ0) is 17.3.